The standard InChI is InChI=1S/C27H28N2O4/c1-21-7-5-8-22(19-21)27(31)29-16-6-15-28(17-18-29)26(30)20-32-23-11-13-25(14-12-23)33-24-9-3-2-4-10-24/h2-5,7-14,19H,6,15-18,20H2,1H3. The van der Waals surface area contributed by atoms with E-state index in [4.69, 9.17) is 9.47 Å². The first-order valence-electron chi connectivity index (χ1n) is 11.2. The summed E-state index contributed by atoms with van der Waals surface area (Å²) in [4.78, 5) is 29.1. The maximum Gasteiger partial charge on any atom is 0.260 e. The largest absolute Gasteiger partial charge is 0.484 e. The minimum Gasteiger partial charge on any atom is -0.484 e. The predicted octanol–water partition coefficient (Wildman–Crippen LogP) is 4.54. The minimum atomic E-state index is -0.0792. The second kappa shape index (κ2) is 10.7. The van der Waals surface area contributed by atoms with Crippen LogP contribution in [0, 0.1) is 6.92 Å². The lowest BCUT2D eigenvalue weighted by Crippen LogP contribution is -2.39. The average Bonchev–Trinajstić information content (AvgIpc) is 3.10. The van der Waals surface area contributed by atoms with Crippen molar-refractivity contribution in [3.8, 4) is 17.2 Å². The molecule has 3 aromatic carbocycles. The van der Waals surface area contributed by atoms with Gasteiger partial charge in [0.2, 0.25) is 0 Å². The molecule has 1 aliphatic rings. The zero-order valence-corrected chi connectivity index (χ0v) is 18.8. The van der Waals surface area contributed by atoms with E-state index in [1.165, 1.54) is 0 Å². The lowest BCUT2D eigenvalue weighted by Gasteiger charge is -2.22. The minimum absolute atomic E-state index is 0.0158. The van der Waals surface area contributed by atoms with E-state index in [1.54, 1.807) is 17.0 Å². The van der Waals surface area contributed by atoms with Gasteiger partial charge in [-0.05, 0) is 61.9 Å². The molecule has 33 heavy (non-hydrogen) atoms. The van der Waals surface area contributed by atoms with Crippen LogP contribution < -0.4 is 9.47 Å². The molecule has 1 aliphatic heterocycles. The quantitative estimate of drug-likeness (QED) is 0.560. The van der Waals surface area contributed by atoms with Gasteiger partial charge in [-0.2, -0.15) is 0 Å². The molecule has 0 aliphatic carbocycles. The number of hydrogen-bond donors (Lipinski definition) is 0. The van der Waals surface area contributed by atoms with E-state index < -0.39 is 0 Å². The van der Waals surface area contributed by atoms with Crippen LogP contribution in [0.3, 0.4) is 0 Å². The smallest absolute Gasteiger partial charge is 0.260 e. The average molecular weight is 445 g/mol. The zero-order chi connectivity index (χ0) is 23.0. The summed E-state index contributed by atoms with van der Waals surface area (Å²) in [5, 5.41) is 0. The van der Waals surface area contributed by atoms with Crippen molar-refractivity contribution in [1.29, 1.82) is 0 Å². The van der Waals surface area contributed by atoms with Crippen LogP contribution in [-0.4, -0.2) is 54.4 Å². The lowest BCUT2D eigenvalue weighted by atomic mass is 10.1. The fourth-order valence-electron chi connectivity index (χ4n) is 3.80. The monoisotopic (exact) mass is 444 g/mol. The molecule has 4 rings (SSSR count). The van der Waals surface area contributed by atoms with E-state index in [-0.39, 0.29) is 18.4 Å². The molecular weight excluding hydrogens is 416 g/mol. The van der Waals surface area contributed by atoms with Gasteiger partial charge in [0.1, 0.15) is 17.2 Å². The second-order valence-corrected chi connectivity index (χ2v) is 8.07. The number of benzene rings is 3. The van der Waals surface area contributed by atoms with Crippen molar-refractivity contribution < 1.29 is 19.1 Å². The first-order valence-corrected chi connectivity index (χ1v) is 11.2. The Morgan fingerprint density at radius 3 is 2.18 bits per heavy atom. The Balaban J connectivity index is 1.26. The highest BCUT2D eigenvalue weighted by Gasteiger charge is 2.23. The zero-order valence-electron chi connectivity index (χ0n) is 18.8. The molecule has 0 aromatic heterocycles. The van der Waals surface area contributed by atoms with Crippen molar-refractivity contribution in [3.63, 3.8) is 0 Å². The Hall–Kier alpha value is -3.80. The topological polar surface area (TPSA) is 59.1 Å². The van der Waals surface area contributed by atoms with Crippen LogP contribution in [0.2, 0.25) is 0 Å². The molecule has 1 fully saturated rings. The summed E-state index contributed by atoms with van der Waals surface area (Å²) in [6.07, 6.45) is 0.745. The highest BCUT2D eigenvalue weighted by molar-refractivity contribution is 5.94. The normalized spacial score (nSPS) is 13.8. The molecule has 0 bridgehead atoms. The number of amides is 2. The molecule has 0 radical (unpaired) electrons. The third-order valence-corrected chi connectivity index (χ3v) is 5.57. The van der Waals surface area contributed by atoms with Gasteiger partial charge in [0.25, 0.3) is 11.8 Å². The molecule has 2 amide bonds. The molecule has 0 unspecified atom stereocenters. The van der Waals surface area contributed by atoms with Gasteiger partial charge < -0.3 is 19.3 Å². The molecule has 3 aromatic rings. The van der Waals surface area contributed by atoms with E-state index in [0.717, 1.165) is 17.7 Å². The Kier molecular flexibility index (Phi) is 7.25. The van der Waals surface area contributed by atoms with Gasteiger partial charge in [-0.25, -0.2) is 0 Å². The van der Waals surface area contributed by atoms with Gasteiger partial charge in [-0.3, -0.25) is 9.59 Å². The summed E-state index contributed by atoms with van der Waals surface area (Å²) in [6, 6.07) is 24.4. The van der Waals surface area contributed by atoms with Crippen LogP contribution in [0.4, 0.5) is 0 Å². The lowest BCUT2D eigenvalue weighted by molar-refractivity contribution is -0.133. The maximum absolute atomic E-state index is 12.8. The van der Waals surface area contributed by atoms with Crippen molar-refractivity contribution in [1.82, 2.24) is 9.80 Å². The third-order valence-electron chi connectivity index (χ3n) is 5.57. The molecule has 6 nitrogen and oxygen atoms in total. The number of ether oxygens (including phenoxy) is 2. The van der Waals surface area contributed by atoms with Gasteiger partial charge in [0.05, 0.1) is 0 Å². The number of rotatable bonds is 6. The van der Waals surface area contributed by atoms with Crippen LogP contribution in [0.5, 0.6) is 17.2 Å². The first kappa shape index (κ1) is 22.4. The Bertz CT molecular complexity index is 1080. The number of carbonyl (C=O) groups excluding carboxylic acids is 2. The summed E-state index contributed by atoms with van der Waals surface area (Å²) in [5.74, 6) is 2.00. The van der Waals surface area contributed by atoms with Gasteiger partial charge >= 0.3 is 0 Å². The molecule has 0 N–H and O–H groups in total. The summed E-state index contributed by atoms with van der Waals surface area (Å²) in [6.45, 7) is 4.21. The predicted molar refractivity (Wildman–Crippen MR) is 127 cm³/mol. The third kappa shape index (κ3) is 6.13. The molecule has 0 atom stereocenters. The molecular formula is C27H28N2O4. The van der Waals surface area contributed by atoms with E-state index in [0.29, 0.717) is 43.2 Å². The maximum atomic E-state index is 12.8. The number of hydrogen-bond acceptors (Lipinski definition) is 4. The SMILES string of the molecule is Cc1cccc(C(=O)N2CCCN(C(=O)COc3ccc(Oc4ccccc4)cc3)CC2)c1. The van der Waals surface area contributed by atoms with Crippen LogP contribution in [0.25, 0.3) is 0 Å². The van der Waals surface area contributed by atoms with Gasteiger partial charge in [0, 0.05) is 31.7 Å². The molecule has 1 saturated heterocycles. The van der Waals surface area contributed by atoms with Crippen LogP contribution in [0.1, 0.15) is 22.3 Å². The summed E-state index contributed by atoms with van der Waals surface area (Å²) in [5.41, 5.74) is 1.75. The van der Waals surface area contributed by atoms with Crippen molar-refractivity contribution in [2.24, 2.45) is 0 Å². The van der Waals surface area contributed by atoms with E-state index >= 15 is 0 Å². The highest BCUT2D eigenvalue weighted by Crippen LogP contribution is 2.23. The van der Waals surface area contributed by atoms with Gasteiger partial charge in [-0.15, -0.1) is 0 Å². The molecule has 170 valence electrons. The van der Waals surface area contributed by atoms with Gasteiger partial charge in [-0.1, -0.05) is 35.9 Å². The van der Waals surface area contributed by atoms with Crippen molar-refractivity contribution >= 4 is 11.8 Å². The number of carbonyl (C=O) groups is 2. The first-order chi connectivity index (χ1) is 16.1. The second-order valence-electron chi connectivity index (χ2n) is 8.07. The molecule has 1 heterocycles. The summed E-state index contributed by atoms with van der Waals surface area (Å²) < 4.78 is 11.5. The Morgan fingerprint density at radius 2 is 1.42 bits per heavy atom. The Labute approximate surface area is 194 Å². The number of para-hydroxylation sites is 1. The van der Waals surface area contributed by atoms with Crippen molar-refractivity contribution in [3.05, 3.63) is 90.0 Å². The molecule has 0 spiro atoms. The summed E-state index contributed by atoms with van der Waals surface area (Å²) >= 11 is 0. The van der Waals surface area contributed by atoms with E-state index in [9.17, 15) is 9.59 Å². The Morgan fingerprint density at radius 1 is 0.758 bits per heavy atom. The molecule has 6 heteroatoms. The fourth-order valence-corrected chi connectivity index (χ4v) is 3.80. The fraction of sp³-hybridized carbons (Fsp3) is 0.259. The van der Waals surface area contributed by atoms with Crippen LogP contribution >= 0.6 is 0 Å². The van der Waals surface area contributed by atoms with Crippen LogP contribution in [-0.2, 0) is 4.79 Å². The highest BCUT2D eigenvalue weighted by atomic mass is 16.5. The van der Waals surface area contributed by atoms with Gasteiger partial charge in [0.15, 0.2) is 6.61 Å². The van der Waals surface area contributed by atoms with Crippen LogP contribution in [0.15, 0.2) is 78.9 Å². The van der Waals surface area contributed by atoms with E-state index in [2.05, 4.69) is 0 Å². The number of aryl methyl sites for hydroxylation is 1. The van der Waals surface area contributed by atoms with E-state index in [1.807, 2.05) is 78.6 Å². The van der Waals surface area contributed by atoms with Crippen molar-refractivity contribution in [2.45, 2.75) is 13.3 Å². The summed E-state index contributed by atoms with van der Waals surface area (Å²) in [7, 11) is 0. The number of nitrogens with zero attached hydrogens (tertiary/aromatic N) is 2. The van der Waals surface area contributed by atoms with Crippen molar-refractivity contribution in [2.75, 3.05) is 32.8 Å². The molecule has 0 saturated carbocycles.